The molecule has 1 aromatic heterocycles. The van der Waals surface area contributed by atoms with Crippen molar-refractivity contribution in [3.05, 3.63) is 63.2 Å². The molecule has 1 aliphatic rings. The minimum Gasteiger partial charge on any atom is -0.448 e. The van der Waals surface area contributed by atoms with Crippen molar-refractivity contribution in [1.82, 2.24) is 4.90 Å². The van der Waals surface area contributed by atoms with E-state index in [-0.39, 0.29) is 16.7 Å². The molecular weight excluding hydrogens is 489 g/mol. The van der Waals surface area contributed by atoms with Crippen molar-refractivity contribution in [2.45, 2.75) is 0 Å². The van der Waals surface area contributed by atoms with E-state index in [9.17, 15) is 14.0 Å². The normalized spacial score (nSPS) is 14.3. The van der Waals surface area contributed by atoms with Gasteiger partial charge in [-0.1, -0.05) is 11.6 Å². The highest BCUT2D eigenvalue weighted by Gasteiger charge is 2.22. The molecule has 1 saturated heterocycles. The van der Waals surface area contributed by atoms with Crippen LogP contribution in [0.1, 0.15) is 10.6 Å². The van der Waals surface area contributed by atoms with E-state index in [2.05, 4.69) is 15.5 Å². The number of ether oxygens (including phenoxy) is 1. The number of piperazine rings is 1. The summed E-state index contributed by atoms with van der Waals surface area (Å²) in [6.07, 6.45) is 0. The van der Waals surface area contributed by atoms with Crippen molar-refractivity contribution in [3.63, 3.8) is 0 Å². The van der Waals surface area contributed by atoms with Crippen molar-refractivity contribution in [3.8, 4) is 0 Å². The molecule has 3 aromatic rings. The molecule has 0 saturated carbocycles. The molecule has 0 aliphatic carbocycles. The van der Waals surface area contributed by atoms with Gasteiger partial charge in [0.2, 0.25) is 0 Å². The lowest BCUT2D eigenvalue weighted by Gasteiger charge is -2.34. The molecule has 36 heavy (non-hydrogen) atoms. The maximum absolute atomic E-state index is 14.3. The number of rotatable bonds is 9. The fourth-order valence-corrected chi connectivity index (χ4v) is 4.22. The van der Waals surface area contributed by atoms with Crippen LogP contribution in [-0.2, 0) is 4.74 Å². The smallest absolute Gasteiger partial charge is 0.291 e. The Hall–Kier alpha value is -3.18. The first-order chi connectivity index (χ1) is 17.4. The molecule has 4 N–H and O–H groups in total. The molecule has 2 aromatic carbocycles. The molecule has 192 valence electrons. The Morgan fingerprint density at radius 3 is 2.67 bits per heavy atom. The quantitative estimate of drug-likeness (QED) is 0.371. The van der Waals surface area contributed by atoms with Crippen LogP contribution in [0, 0.1) is 5.82 Å². The highest BCUT2D eigenvalue weighted by Crippen LogP contribution is 2.29. The summed E-state index contributed by atoms with van der Waals surface area (Å²) in [4.78, 5) is 29.9. The number of benzene rings is 2. The molecule has 0 atom stereocenters. The zero-order chi connectivity index (χ0) is 25.7. The van der Waals surface area contributed by atoms with Gasteiger partial charge < -0.3 is 35.3 Å². The molecule has 0 spiro atoms. The minimum absolute atomic E-state index is 0.0920. The summed E-state index contributed by atoms with van der Waals surface area (Å²) in [5.41, 5.74) is 6.65. The van der Waals surface area contributed by atoms with Gasteiger partial charge >= 0.3 is 0 Å². The van der Waals surface area contributed by atoms with Gasteiger partial charge in [0.05, 0.1) is 35.0 Å². The average Bonchev–Trinajstić information content (AvgIpc) is 2.85. The predicted molar refractivity (Wildman–Crippen MR) is 140 cm³/mol. The number of carbonyl (C=O) groups excluding carboxylic acids is 1. The number of hydrogen-bond acceptors (Lipinski definition) is 8. The fourth-order valence-electron chi connectivity index (χ4n) is 3.97. The first-order valence-electron chi connectivity index (χ1n) is 11.7. The van der Waals surface area contributed by atoms with Crippen molar-refractivity contribution in [2.75, 3.05) is 75.1 Å². The third-order valence-corrected chi connectivity index (χ3v) is 6.21. The number of carbonyl (C=O) groups is 1. The number of anilines is 3. The van der Waals surface area contributed by atoms with E-state index in [4.69, 9.17) is 26.5 Å². The maximum atomic E-state index is 14.3. The van der Waals surface area contributed by atoms with Crippen molar-refractivity contribution in [1.29, 1.82) is 0 Å². The number of nitrogens with zero attached hydrogens (tertiary/aromatic N) is 2. The number of nitrogens with two attached hydrogens (primary N) is 1. The lowest BCUT2D eigenvalue weighted by Crippen LogP contribution is -2.44. The van der Waals surface area contributed by atoms with Crippen LogP contribution in [0.2, 0.25) is 5.02 Å². The van der Waals surface area contributed by atoms with Crippen LogP contribution in [0.4, 0.5) is 21.5 Å². The topological polar surface area (TPSA) is 113 Å². The van der Waals surface area contributed by atoms with Crippen LogP contribution in [0.15, 0.2) is 45.6 Å². The van der Waals surface area contributed by atoms with E-state index in [1.54, 1.807) is 18.2 Å². The van der Waals surface area contributed by atoms with Crippen LogP contribution in [-0.4, -0.2) is 70.3 Å². The zero-order valence-corrected chi connectivity index (χ0v) is 20.7. The van der Waals surface area contributed by atoms with Gasteiger partial charge in [-0.3, -0.25) is 9.59 Å². The largest absolute Gasteiger partial charge is 0.448 e. The van der Waals surface area contributed by atoms with Gasteiger partial charge in [0.1, 0.15) is 5.82 Å². The standard InChI is InChI=1S/C25H29ClFN5O4/c1-31-6-8-32(9-7-31)21-13-16(27)12-18-22(33)15-23(36-24(18)21)25(34)30-17-2-3-20(19(26)14-17)29-5-11-35-10-4-28/h2-3,12-15,29H,4-11,28H2,1H3,(H,30,34). The summed E-state index contributed by atoms with van der Waals surface area (Å²) in [6, 6.07) is 8.54. The SMILES string of the molecule is CN1CCN(c2cc(F)cc3c(=O)cc(C(=O)Nc4ccc(NCCOCCN)c(Cl)c4)oc23)CC1. The van der Waals surface area contributed by atoms with Gasteiger partial charge in [0, 0.05) is 57.1 Å². The fraction of sp³-hybridized carbons (Fsp3) is 0.360. The molecule has 0 bridgehead atoms. The van der Waals surface area contributed by atoms with Gasteiger partial charge in [-0.25, -0.2) is 4.39 Å². The number of nitrogens with one attached hydrogen (secondary N) is 2. The summed E-state index contributed by atoms with van der Waals surface area (Å²) in [5, 5.41) is 6.34. The highest BCUT2D eigenvalue weighted by atomic mass is 35.5. The number of hydrogen-bond donors (Lipinski definition) is 3. The second-order valence-corrected chi connectivity index (χ2v) is 8.95. The Kier molecular flexibility index (Phi) is 8.42. The zero-order valence-electron chi connectivity index (χ0n) is 20.0. The van der Waals surface area contributed by atoms with Crippen LogP contribution in [0.25, 0.3) is 11.0 Å². The second kappa shape index (κ2) is 11.7. The van der Waals surface area contributed by atoms with Gasteiger partial charge in [-0.15, -0.1) is 0 Å². The molecule has 1 aliphatic heterocycles. The molecule has 0 unspecified atom stereocenters. The molecule has 4 rings (SSSR count). The summed E-state index contributed by atoms with van der Waals surface area (Å²) in [5.74, 6) is -1.32. The van der Waals surface area contributed by atoms with E-state index in [1.165, 1.54) is 6.07 Å². The van der Waals surface area contributed by atoms with E-state index in [0.29, 0.717) is 61.5 Å². The molecule has 0 radical (unpaired) electrons. The maximum Gasteiger partial charge on any atom is 0.291 e. The monoisotopic (exact) mass is 517 g/mol. The van der Waals surface area contributed by atoms with Gasteiger partial charge in [-0.2, -0.15) is 0 Å². The van der Waals surface area contributed by atoms with Crippen LogP contribution >= 0.6 is 11.6 Å². The Labute approximate surface area is 212 Å². The lowest BCUT2D eigenvalue weighted by atomic mass is 10.1. The Bertz CT molecular complexity index is 1290. The summed E-state index contributed by atoms with van der Waals surface area (Å²) in [6.45, 7) is 4.83. The van der Waals surface area contributed by atoms with Crippen LogP contribution in [0.3, 0.4) is 0 Å². The Balaban J connectivity index is 1.53. The number of amides is 1. The first-order valence-corrected chi connectivity index (χ1v) is 12.1. The van der Waals surface area contributed by atoms with Gasteiger partial charge in [0.25, 0.3) is 5.91 Å². The van der Waals surface area contributed by atoms with Gasteiger partial charge in [-0.05, 0) is 31.3 Å². The lowest BCUT2D eigenvalue weighted by molar-refractivity contribution is 0.0997. The molecule has 9 nitrogen and oxygen atoms in total. The minimum atomic E-state index is -0.616. The summed E-state index contributed by atoms with van der Waals surface area (Å²) < 4.78 is 25.5. The van der Waals surface area contributed by atoms with E-state index >= 15 is 0 Å². The number of halogens is 2. The van der Waals surface area contributed by atoms with Crippen LogP contribution < -0.4 is 26.7 Å². The van der Waals surface area contributed by atoms with E-state index in [0.717, 1.165) is 25.2 Å². The third kappa shape index (κ3) is 6.14. The van der Waals surface area contributed by atoms with Crippen molar-refractivity contribution >= 4 is 45.5 Å². The molecule has 1 fully saturated rings. The summed E-state index contributed by atoms with van der Waals surface area (Å²) >= 11 is 6.34. The van der Waals surface area contributed by atoms with E-state index < -0.39 is 17.2 Å². The average molecular weight is 518 g/mol. The molecule has 2 heterocycles. The Morgan fingerprint density at radius 2 is 1.94 bits per heavy atom. The summed E-state index contributed by atoms with van der Waals surface area (Å²) in [7, 11) is 2.01. The van der Waals surface area contributed by atoms with Crippen LogP contribution in [0.5, 0.6) is 0 Å². The Morgan fingerprint density at radius 1 is 1.17 bits per heavy atom. The predicted octanol–water partition coefficient (Wildman–Crippen LogP) is 2.98. The van der Waals surface area contributed by atoms with E-state index in [1.807, 2.05) is 11.9 Å². The number of fused-ring (bicyclic) bond motifs is 1. The molecule has 1 amide bonds. The van der Waals surface area contributed by atoms with Gasteiger partial charge in [0.15, 0.2) is 16.8 Å². The second-order valence-electron chi connectivity index (χ2n) is 8.54. The van der Waals surface area contributed by atoms with Crippen molar-refractivity contribution in [2.24, 2.45) is 5.73 Å². The third-order valence-electron chi connectivity index (χ3n) is 5.89. The van der Waals surface area contributed by atoms with Crippen molar-refractivity contribution < 1.29 is 18.3 Å². The molecule has 11 heteroatoms. The highest BCUT2D eigenvalue weighted by molar-refractivity contribution is 6.33. The number of likely N-dealkylation sites (N-methyl/N-ethyl adjacent to an activating group) is 1. The molecular formula is C25H29ClFN5O4. The first kappa shape index (κ1) is 25.9.